The maximum Gasteiger partial charge on any atom is 0.347 e. The van der Waals surface area contributed by atoms with Gasteiger partial charge in [-0.2, -0.15) is 4.98 Å². The van der Waals surface area contributed by atoms with Crippen LogP contribution >= 0.6 is 0 Å². The quantitative estimate of drug-likeness (QED) is 0.747. The average Bonchev–Trinajstić information content (AvgIpc) is 2.58. The summed E-state index contributed by atoms with van der Waals surface area (Å²) in [7, 11) is 0. The fourth-order valence-electron chi connectivity index (χ4n) is 3.45. The maximum absolute atomic E-state index is 12.8. The molecule has 1 aliphatic rings. The molecule has 26 heavy (non-hydrogen) atoms. The number of hydrogen-bond acceptors (Lipinski definition) is 4. The molecule has 6 heteroatoms. The number of ether oxygens (including phenoxy) is 1. The summed E-state index contributed by atoms with van der Waals surface area (Å²) in [6.45, 7) is 11.8. The summed E-state index contributed by atoms with van der Waals surface area (Å²) in [5.41, 5.74) is 1.28. The van der Waals surface area contributed by atoms with Gasteiger partial charge in [-0.1, -0.05) is 33.6 Å². The van der Waals surface area contributed by atoms with Crippen LogP contribution in [-0.2, 0) is 16.1 Å². The molecule has 0 unspecified atom stereocenters. The van der Waals surface area contributed by atoms with E-state index in [1.165, 1.54) is 0 Å². The smallest absolute Gasteiger partial charge is 0.347 e. The van der Waals surface area contributed by atoms with Crippen molar-refractivity contribution in [3.63, 3.8) is 0 Å². The zero-order valence-electron chi connectivity index (χ0n) is 16.8. The lowest BCUT2D eigenvalue weighted by molar-refractivity contribution is -0.150. The lowest BCUT2D eigenvalue weighted by Gasteiger charge is -2.40. The molecule has 2 heterocycles. The van der Waals surface area contributed by atoms with Gasteiger partial charge in [0.25, 0.3) is 0 Å². The Morgan fingerprint density at radius 2 is 2.08 bits per heavy atom. The zero-order valence-corrected chi connectivity index (χ0v) is 16.8. The number of aryl methyl sites for hydroxylation is 2. The predicted molar refractivity (Wildman–Crippen MR) is 102 cm³/mol. The summed E-state index contributed by atoms with van der Waals surface area (Å²) >= 11 is 0. The number of carbonyl (C=O) groups is 1. The molecule has 0 aromatic carbocycles. The van der Waals surface area contributed by atoms with Crippen LogP contribution in [0.1, 0.15) is 57.8 Å². The number of amides is 1. The lowest BCUT2D eigenvalue weighted by Crippen LogP contribution is -2.51. The second kappa shape index (κ2) is 9.31. The molecule has 2 rings (SSSR count). The number of hydrogen-bond donors (Lipinski definition) is 0. The van der Waals surface area contributed by atoms with E-state index in [-0.39, 0.29) is 23.8 Å². The van der Waals surface area contributed by atoms with Crippen molar-refractivity contribution >= 4 is 5.91 Å². The topological polar surface area (TPSA) is 64.4 Å². The van der Waals surface area contributed by atoms with E-state index < -0.39 is 0 Å². The van der Waals surface area contributed by atoms with Crippen LogP contribution in [0, 0.1) is 19.8 Å². The van der Waals surface area contributed by atoms with Crippen LogP contribution in [0.5, 0.6) is 0 Å². The molecule has 0 bridgehead atoms. The van der Waals surface area contributed by atoms with Crippen molar-refractivity contribution in [1.29, 1.82) is 0 Å². The number of aromatic nitrogens is 2. The number of carbonyl (C=O) groups excluding carboxylic acids is 1. The van der Waals surface area contributed by atoms with Crippen LogP contribution in [0.3, 0.4) is 0 Å². The number of nitrogens with zero attached hydrogens (tertiary/aromatic N) is 3. The van der Waals surface area contributed by atoms with Crippen LogP contribution in [0.25, 0.3) is 0 Å². The number of unbranched alkanes of at least 4 members (excludes halogenated alkanes) is 1. The van der Waals surface area contributed by atoms with Crippen molar-refractivity contribution in [2.75, 3.05) is 13.1 Å². The summed E-state index contributed by atoms with van der Waals surface area (Å²) in [5.74, 6) is 0.466. The zero-order chi connectivity index (χ0) is 19.3. The van der Waals surface area contributed by atoms with Crippen molar-refractivity contribution in [3.8, 4) is 0 Å². The Labute approximate surface area is 156 Å². The van der Waals surface area contributed by atoms with Gasteiger partial charge in [0.2, 0.25) is 5.91 Å². The van der Waals surface area contributed by atoms with Crippen molar-refractivity contribution in [2.45, 2.75) is 79.1 Å². The summed E-state index contributed by atoms with van der Waals surface area (Å²) in [4.78, 5) is 30.7. The predicted octanol–water partition coefficient (Wildman–Crippen LogP) is 2.69. The molecule has 6 nitrogen and oxygen atoms in total. The van der Waals surface area contributed by atoms with Crippen molar-refractivity contribution < 1.29 is 9.53 Å². The minimum absolute atomic E-state index is 0.0834. The van der Waals surface area contributed by atoms with Gasteiger partial charge in [-0.25, -0.2) is 4.79 Å². The molecule has 1 saturated heterocycles. The first-order valence-corrected chi connectivity index (χ1v) is 9.80. The van der Waals surface area contributed by atoms with Gasteiger partial charge in [0, 0.05) is 37.4 Å². The van der Waals surface area contributed by atoms with E-state index in [0.29, 0.717) is 37.7 Å². The van der Waals surface area contributed by atoms with E-state index in [4.69, 9.17) is 4.74 Å². The molecule has 1 aliphatic heterocycles. The van der Waals surface area contributed by atoms with Crippen LogP contribution < -0.4 is 5.69 Å². The third-order valence-electron chi connectivity index (χ3n) is 5.06. The molecule has 1 aromatic rings. The second-order valence-electron chi connectivity index (χ2n) is 7.70. The van der Waals surface area contributed by atoms with E-state index in [1.54, 1.807) is 11.5 Å². The Morgan fingerprint density at radius 3 is 2.69 bits per heavy atom. The Bertz CT molecular complexity index is 669. The van der Waals surface area contributed by atoms with Crippen molar-refractivity contribution in [1.82, 2.24) is 14.5 Å². The molecule has 1 aromatic heterocycles. The minimum atomic E-state index is -0.279. The fraction of sp³-hybridized carbons (Fsp3) is 0.750. The summed E-state index contributed by atoms with van der Waals surface area (Å²) in [6.07, 6.45) is 3.75. The Balaban J connectivity index is 2.02. The molecule has 0 aliphatic carbocycles. The fourth-order valence-corrected chi connectivity index (χ4v) is 3.45. The molecule has 0 saturated carbocycles. The highest BCUT2D eigenvalue weighted by Crippen LogP contribution is 2.21. The van der Waals surface area contributed by atoms with Crippen LogP contribution in [0.4, 0.5) is 0 Å². The minimum Gasteiger partial charge on any atom is -0.371 e. The van der Waals surface area contributed by atoms with Gasteiger partial charge in [0.15, 0.2) is 0 Å². The standard InChI is InChI=1S/C20H33N3O3/c1-6-7-8-17-12-22(13-18(26-17)14(2)3)19(24)9-10-23-16(5)11-15(4)21-20(23)25/h11,14,17-18H,6-10,12-13H2,1-5H3/t17-,18-/m1/s1. The average molecular weight is 364 g/mol. The molecule has 0 spiro atoms. The lowest BCUT2D eigenvalue weighted by atomic mass is 10.0. The van der Waals surface area contributed by atoms with Gasteiger partial charge in [0.1, 0.15) is 0 Å². The monoisotopic (exact) mass is 363 g/mol. The summed E-state index contributed by atoms with van der Waals surface area (Å²) < 4.78 is 7.77. The highest BCUT2D eigenvalue weighted by atomic mass is 16.5. The molecule has 0 N–H and O–H groups in total. The second-order valence-corrected chi connectivity index (χ2v) is 7.70. The number of rotatable bonds is 7. The molecule has 1 amide bonds. The van der Waals surface area contributed by atoms with Gasteiger partial charge in [-0.3, -0.25) is 9.36 Å². The van der Waals surface area contributed by atoms with Crippen LogP contribution in [0.2, 0.25) is 0 Å². The van der Waals surface area contributed by atoms with Gasteiger partial charge in [-0.05, 0) is 32.3 Å². The Morgan fingerprint density at radius 1 is 1.35 bits per heavy atom. The molecule has 2 atom stereocenters. The van der Waals surface area contributed by atoms with E-state index in [2.05, 4.69) is 25.8 Å². The van der Waals surface area contributed by atoms with Gasteiger partial charge in [-0.15, -0.1) is 0 Å². The third kappa shape index (κ3) is 5.40. The maximum atomic E-state index is 12.8. The van der Waals surface area contributed by atoms with Crippen LogP contribution in [-0.4, -0.2) is 45.7 Å². The molecular formula is C20H33N3O3. The highest BCUT2D eigenvalue weighted by molar-refractivity contribution is 5.76. The van der Waals surface area contributed by atoms with E-state index >= 15 is 0 Å². The van der Waals surface area contributed by atoms with E-state index in [0.717, 1.165) is 25.0 Å². The molecule has 0 radical (unpaired) electrons. The molecular weight excluding hydrogens is 330 g/mol. The summed E-state index contributed by atoms with van der Waals surface area (Å²) in [6, 6.07) is 1.87. The molecule has 146 valence electrons. The highest BCUT2D eigenvalue weighted by Gasteiger charge is 2.31. The van der Waals surface area contributed by atoms with Gasteiger partial charge >= 0.3 is 5.69 Å². The first-order chi connectivity index (χ1) is 12.3. The number of morpholine rings is 1. The van der Waals surface area contributed by atoms with Crippen molar-refractivity contribution in [3.05, 3.63) is 27.9 Å². The van der Waals surface area contributed by atoms with E-state index in [9.17, 15) is 9.59 Å². The summed E-state index contributed by atoms with van der Waals surface area (Å²) in [5, 5.41) is 0. The van der Waals surface area contributed by atoms with E-state index in [1.807, 2.05) is 17.9 Å². The molecule has 1 fully saturated rings. The first kappa shape index (κ1) is 20.6. The van der Waals surface area contributed by atoms with Gasteiger partial charge in [0.05, 0.1) is 12.2 Å². The van der Waals surface area contributed by atoms with Crippen molar-refractivity contribution in [2.24, 2.45) is 5.92 Å². The van der Waals surface area contributed by atoms with Crippen LogP contribution in [0.15, 0.2) is 10.9 Å². The Kier molecular flexibility index (Phi) is 7.38. The van der Waals surface area contributed by atoms with Gasteiger partial charge < -0.3 is 9.64 Å². The SMILES string of the molecule is CCCC[C@@H]1CN(C(=O)CCn2c(C)cc(C)nc2=O)C[C@H](C(C)C)O1. The normalized spacial score (nSPS) is 20.6. The third-order valence-corrected chi connectivity index (χ3v) is 5.06. The largest absolute Gasteiger partial charge is 0.371 e. The first-order valence-electron chi connectivity index (χ1n) is 9.80. The Hall–Kier alpha value is -1.69.